The Kier molecular flexibility index (Phi) is 10.5. The molecule has 2 aromatic heterocycles. The van der Waals surface area contributed by atoms with Crippen LogP contribution in [0.15, 0.2) is 24.4 Å². The summed E-state index contributed by atoms with van der Waals surface area (Å²) in [6, 6.07) is 6.16. The maximum atomic E-state index is 10.9. The Balaban J connectivity index is 1.43. The van der Waals surface area contributed by atoms with Crippen molar-refractivity contribution in [2.24, 2.45) is 5.92 Å². The van der Waals surface area contributed by atoms with Gasteiger partial charge in [-0.1, -0.05) is 27.7 Å². The van der Waals surface area contributed by atoms with E-state index in [1.54, 1.807) is 17.9 Å². The zero-order valence-electron chi connectivity index (χ0n) is 25.6. The summed E-state index contributed by atoms with van der Waals surface area (Å²) in [6.45, 7) is 15.3. The Morgan fingerprint density at radius 1 is 1.14 bits per heavy atom. The molecule has 0 saturated carbocycles. The van der Waals surface area contributed by atoms with Gasteiger partial charge < -0.3 is 18.6 Å². The van der Waals surface area contributed by atoms with Crippen LogP contribution in [0.4, 0.5) is 0 Å². The Hall–Kier alpha value is -2.36. The summed E-state index contributed by atoms with van der Waals surface area (Å²) in [5.41, 5.74) is 2.37. The summed E-state index contributed by atoms with van der Waals surface area (Å²) in [5, 5.41) is 15.1. The first-order valence-corrected chi connectivity index (χ1v) is 19.1. The lowest BCUT2D eigenvalue weighted by atomic mass is 10.1. The minimum Gasteiger partial charge on any atom is -0.543 e. The van der Waals surface area contributed by atoms with Gasteiger partial charge in [0, 0.05) is 12.0 Å². The highest BCUT2D eigenvalue weighted by Gasteiger charge is 2.39. The largest absolute Gasteiger partial charge is 0.543 e. The molecule has 0 spiro atoms. The van der Waals surface area contributed by atoms with E-state index in [-0.39, 0.29) is 29.5 Å². The summed E-state index contributed by atoms with van der Waals surface area (Å²) >= 11 is 0. The van der Waals surface area contributed by atoms with Gasteiger partial charge in [-0.2, -0.15) is 28.5 Å². The first kappa shape index (κ1) is 32.5. The summed E-state index contributed by atoms with van der Waals surface area (Å²) in [4.78, 5) is 1.59. The van der Waals surface area contributed by atoms with E-state index in [4.69, 9.17) is 28.3 Å². The zero-order chi connectivity index (χ0) is 30.5. The molecule has 2 atom stereocenters. The van der Waals surface area contributed by atoms with Crippen molar-refractivity contribution in [2.75, 3.05) is 38.8 Å². The predicted molar refractivity (Wildman–Crippen MR) is 163 cm³/mol. The maximum absolute atomic E-state index is 10.9. The fourth-order valence-corrected chi connectivity index (χ4v) is 6.37. The van der Waals surface area contributed by atoms with Crippen LogP contribution in [0.3, 0.4) is 0 Å². The molecule has 3 aromatic rings. The van der Waals surface area contributed by atoms with E-state index < -0.39 is 18.4 Å². The number of hydrogen-bond donors (Lipinski definition) is 1. The number of nitrogens with zero attached hydrogens (tertiary/aromatic N) is 5. The molecule has 14 heteroatoms. The Labute approximate surface area is 249 Å². The third-order valence-electron chi connectivity index (χ3n) is 7.77. The van der Waals surface area contributed by atoms with E-state index in [0.29, 0.717) is 32.1 Å². The van der Waals surface area contributed by atoms with Gasteiger partial charge in [-0.25, -0.2) is 4.68 Å². The summed E-state index contributed by atoms with van der Waals surface area (Å²) in [7, 11) is -6.03. The van der Waals surface area contributed by atoms with E-state index in [1.165, 1.54) is 0 Å². The zero-order valence-corrected chi connectivity index (χ0v) is 27.4. The van der Waals surface area contributed by atoms with Crippen molar-refractivity contribution in [3.05, 3.63) is 24.4 Å². The smallest absolute Gasteiger partial charge is 0.265 e. The minimum absolute atomic E-state index is 0.0727. The van der Waals surface area contributed by atoms with Crippen molar-refractivity contribution in [1.82, 2.24) is 24.8 Å². The molecule has 1 unspecified atom stereocenters. The predicted octanol–water partition coefficient (Wildman–Crippen LogP) is 4.94. The molecular weight excluding hydrogens is 578 g/mol. The van der Waals surface area contributed by atoms with Gasteiger partial charge >= 0.3 is 0 Å². The molecule has 0 amide bonds. The van der Waals surface area contributed by atoms with Gasteiger partial charge in [0.05, 0.1) is 50.4 Å². The van der Waals surface area contributed by atoms with Crippen LogP contribution < -0.4 is 4.43 Å². The third kappa shape index (κ3) is 8.60. The van der Waals surface area contributed by atoms with Gasteiger partial charge in [-0.15, -0.1) is 0 Å². The van der Waals surface area contributed by atoms with Crippen LogP contribution >= 0.6 is 0 Å². The van der Waals surface area contributed by atoms with Gasteiger partial charge in [0.2, 0.25) is 8.32 Å². The van der Waals surface area contributed by atoms with E-state index >= 15 is 0 Å². The lowest BCUT2D eigenvalue weighted by Gasteiger charge is -2.36. The quantitative estimate of drug-likeness (QED) is 0.149. The number of benzene rings is 1. The number of ether oxygens (including phenoxy) is 3. The second kappa shape index (κ2) is 13.5. The molecule has 1 N–H and O–H groups in total. The van der Waals surface area contributed by atoms with Crippen LogP contribution in [0.2, 0.25) is 18.1 Å². The van der Waals surface area contributed by atoms with Crippen LogP contribution in [0.25, 0.3) is 22.3 Å². The summed E-state index contributed by atoms with van der Waals surface area (Å²) in [5.74, 6) is 0.202. The van der Waals surface area contributed by atoms with Crippen LogP contribution in [-0.2, 0) is 30.9 Å². The van der Waals surface area contributed by atoms with Crippen molar-refractivity contribution in [3.8, 4) is 17.1 Å². The molecule has 4 rings (SSSR count). The van der Waals surface area contributed by atoms with Crippen molar-refractivity contribution < 1.29 is 31.6 Å². The molecule has 1 aliphatic rings. The molecule has 234 valence electrons. The lowest BCUT2D eigenvalue weighted by molar-refractivity contribution is -0.0365. The van der Waals surface area contributed by atoms with Gasteiger partial charge in [0.15, 0.2) is 6.23 Å². The SMILES string of the molecule is C[C@@H](COCCOCCn1ncc(-c2nn(C3CCCCO3)c3ccc(O[Si](C)(C)C(C)(C)C)cc23)n1)CS(=O)(=O)O. The molecule has 1 saturated heterocycles. The van der Waals surface area contributed by atoms with E-state index in [1.807, 2.05) is 10.7 Å². The third-order valence-corrected chi connectivity index (χ3v) is 13.1. The average molecular weight is 624 g/mol. The summed E-state index contributed by atoms with van der Waals surface area (Å²) < 4.78 is 56.5. The number of aromatic nitrogens is 5. The molecule has 0 aliphatic carbocycles. The van der Waals surface area contributed by atoms with Crippen molar-refractivity contribution >= 4 is 29.3 Å². The van der Waals surface area contributed by atoms with E-state index in [9.17, 15) is 8.42 Å². The molecule has 0 bridgehead atoms. The van der Waals surface area contributed by atoms with Crippen LogP contribution in [0.5, 0.6) is 5.75 Å². The monoisotopic (exact) mass is 623 g/mol. The minimum atomic E-state index is -4.00. The van der Waals surface area contributed by atoms with Crippen LogP contribution in [0.1, 0.15) is 53.2 Å². The lowest BCUT2D eigenvalue weighted by Crippen LogP contribution is -2.43. The molecule has 0 radical (unpaired) electrons. The molecule has 42 heavy (non-hydrogen) atoms. The van der Waals surface area contributed by atoms with Gasteiger partial charge in [-0.05, 0) is 61.5 Å². The number of hydrogen-bond acceptors (Lipinski definition) is 9. The first-order chi connectivity index (χ1) is 19.7. The molecule has 3 heterocycles. The van der Waals surface area contributed by atoms with Gasteiger partial charge in [0.25, 0.3) is 10.1 Å². The molecule has 1 aliphatic heterocycles. The molecule has 1 aromatic carbocycles. The average Bonchev–Trinajstić information content (AvgIpc) is 3.51. The highest BCUT2D eigenvalue weighted by Crippen LogP contribution is 2.39. The Morgan fingerprint density at radius 2 is 1.90 bits per heavy atom. The topological polar surface area (TPSA) is 140 Å². The fraction of sp³-hybridized carbons (Fsp3) is 0.679. The van der Waals surface area contributed by atoms with Gasteiger partial charge in [-0.3, -0.25) is 4.55 Å². The molecule has 1 fully saturated rings. The number of fused-ring (bicyclic) bond motifs is 1. The van der Waals surface area contributed by atoms with Crippen LogP contribution in [-0.4, -0.2) is 84.8 Å². The summed E-state index contributed by atoms with van der Waals surface area (Å²) in [6.07, 6.45) is 4.66. The second-order valence-corrected chi connectivity index (χ2v) is 18.7. The van der Waals surface area contributed by atoms with Crippen molar-refractivity contribution in [3.63, 3.8) is 0 Å². The van der Waals surface area contributed by atoms with Gasteiger partial charge in [0.1, 0.15) is 17.1 Å². The fourth-order valence-electron chi connectivity index (χ4n) is 4.53. The molecule has 12 nitrogen and oxygen atoms in total. The normalized spacial score (nSPS) is 17.5. The van der Waals surface area contributed by atoms with E-state index in [2.05, 4.69) is 56.2 Å². The highest BCUT2D eigenvalue weighted by atomic mass is 32.2. The molecular formula is C28H45N5O7SSi. The van der Waals surface area contributed by atoms with Crippen molar-refractivity contribution in [2.45, 2.75) is 77.9 Å². The second-order valence-electron chi connectivity index (χ2n) is 12.5. The Morgan fingerprint density at radius 3 is 2.60 bits per heavy atom. The first-order valence-electron chi connectivity index (χ1n) is 14.6. The van der Waals surface area contributed by atoms with Crippen molar-refractivity contribution in [1.29, 1.82) is 0 Å². The standard InChI is InChI=1S/C28H45N5O7SSi/c1-21(20-41(34,35)36)19-38-16-15-37-14-12-32-29-18-24(30-32)27-23-17-22(40-42(5,6)28(2,3)4)10-11-25(23)33(31-27)26-9-7-8-13-39-26/h10-11,17-18,21,26H,7-9,12-16,19-20H2,1-6H3,(H,34,35,36)/t21-,26?/m0/s1. The maximum Gasteiger partial charge on any atom is 0.265 e. The van der Waals surface area contributed by atoms with Crippen LogP contribution in [0, 0.1) is 5.92 Å². The number of rotatable bonds is 14. The Bertz CT molecular complexity index is 1430. The highest BCUT2D eigenvalue weighted by molar-refractivity contribution is 7.85. The van der Waals surface area contributed by atoms with E-state index in [0.717, 1.165) is 48.2 Å².